The number of ether oxygens (including phenoxy) is 1. The van der Waals surface area contributed by atoms with Crippen molar-refractivity contribution in [3.05, 3.63) is 35.9 Å². The summed E-state index contributed by atoms with van der Waals surface area (Å²) in [6, 6.07) is 9.67. The van der Waals surface area contributed by atoms with Crippen LogP contribution >= 0.6 is 0 Å². The van der Waals surface area contributed by atoms with Crippen molar-refractivity contribution in [1.29, 1.82) is 0 Å². The Morgan fingerprint density at radius 1 is 1.05 bits per heavy atom. The molecule has 0 saturated heterocycles. The van der Waals surface area contributed by atoms with Crippen LogP contribution in [0.15, 0.2) is 30.3 Å². The van der Waals surface area contributed by atoms with Crippen molar-refractivity contribution < 1.29 is 19.1 Å². The van der Waals surface area contributed by atoms with Gasteiger partial charge in [0.25, 0.3) is 0 Å². The Kier molecular flexibility index (Phi) is 6.81. The number of hydrogen-bond acceptors (Lipinski definition) is 4. The zero-order chi connectivity index (χ0) is 15.0. The third-order valence-electron chi connectivity index (χ3n) is 3.05. The maximum absolute atomic E-state index is 11.7. The summed E-state index contributed by atoms with van der Waals surface area (Å²) in [7, 11) is 0. The van der Waals surface area contributed by atoms with Crippen molar-refractivity contribution in [1.82, 2.24) is 0 Å². The molecular formula is C16H20O4. The van der Waals surface area contributed by atoms with Gasteiger partial charge in [0, 0.05) is 12.8 Å². The number of carbonyl (C=O) groups excluding carboxylic acids is 3. The molecule has 1 aromatic carbocycles. The molecule has 0 bridgehead atoms. The normalized spacial score (nSPS) is 10.6. The average molecular weight is 276 g/mol. The van der Waals surface area contributed by atoms with E-state index >= 15 is 0 Å². The average Bonchev–Trinajstić information content (AvgIpc) is 2.41. The minimum absolute atomic E-state index is 0.0145. The second kappa shape index (κ2) is 8.38. The summed E-state index contributed by atoms with van der Waals surface area (Å²) in [4.78, 5) is 34.2. The van der Waals surface area contributed by atoms with Crippen LogP contribution in [0.1, 0.15) is 32.3 Å². The fraction of sp³-hybridized carbons (Fsp3) is 0.438. The van der Waals surface area contributed by atoms with Crippen LogP contribution < -0.4 is 0 Å². The third kappa shape index (κ3) is 5.89. The molecule has 0 aliphatic heterocycles. The van der Waals surface area contributed by atoms with E-state index < -0.39 is 5.92 Å². The molecule has 1 aromatic rings. The highest BCUT2D eigenvalue weighted by Crippen LogP contribution is 2.09. The summed E-state index contributed by atoms with van der Waals surface area (Å²) >= 11 is 0. The van der Waals surface area contributed by atoms with E-state index in [4.69, 9.17) is 4.74 Å². The molecule has 0 spiro atoms. The summed E-state index contributed by atoms with van der Waals surface area (Å²) in [6.07, 6.45) is 0.212. The summed E-state index contributed by atoms with van der Waals surface area (Å²) in [5.74, 6) is -1.42. The molecule has 0 aliphatic rings. The molecule has 0 unspecified atom stereocenters. The lowest BCUT2D eigenvalue weighted by Crippen LogP contribution is -2.23. The molecule has 0 N–H and O–H groups in total. The maximum atomic E-state index is 11.7. The van der Waals surface area contributed by atoms with E-state index in [-0.39, 0.29) is 30.2 Å². The van der Waals surface area contributed by atoms with Gasteiger partial charge >= 0.3 is 0 Å². The second-order valence-electron chi connectivity index (χ2n) is 4.80. The Bertz CT molecular complexity index is 451. The smallest absolute Gasteiger partial charge is 0.140 e. The number of hydrogen-bond donors (Lipinski definition) is 0. The van der Waals surface area contributed by atoms with Gasteiger partial charge in [0.15, 0.2) is 0 Å². The first-order valence-corrected chi connectivity index (χ1v) is 6.65. The van der Waals surface area contributed by atoms with Gasteiger partial charge < -0.3 is 4.74 Å². The van der Waals surface area contributed by atoms with E-state index in [9.17, 15) is 14.4 Å². The summed E-state index contributed by atoms with van der Waals surface area (Å²) < 4.78 is 5.40. The standard InChI is InChI=1S/C16H20O4/c1-12(17)16(13(2)18)10-15(19)8-9-20-11-14-6-4-3-5-7-14/h3-7,16H,8-11H2,1-2H3. The fourth-order valence-electron chi connectivity index (χ4n) is 1.85. The van der Waals surface area contributed by atoms with Gasteiger partial charge in [0.2, 0.25) is 0 Å². The Balaban J connectivity index is 2.26. The first-order chi connectivity index (χ1) is 9.50. The summed E-state index contributed by atoms with van der Waals surface area (Å²) in [6.45, 7) is 3.43. The molecule has 4 heteroatoms. The van der Waals surface area contributed by atoms with Crippen molar-refractivity contribution >= 4 is 17.3 Å². The molecule has 0 amide bonds. The largest absolute Gasteiger partial charge is 0.376 e. The van der Waals surface area contributed by atoms with Crippen LogP contribution in [0.25, 0.3) is 0 Å². The zero-order valence-corrected chi connectivity index (χ0v) is 11.9. The molecule has 0 aliphatic carbocycles. The van der Waals surface area contributed by atoms with Gasteiger partial charge in [-0.15, -0.1) is 0 Å². The molecule has 0 saturated carbocycles. The molecule has 0 heterocycles. The van der Waals surface area contributed by atoms with Crippen LogP contribution in [-0.4, -0.2) is 24.0 Å². The lowest BCUT2D eigenvalue weighted by Gasteiger charge is -2.09. The predicted molar refractivity (Wildman–Crippen MR) is 75.2 cm³/mol. The molecular weight excluding hydrogens is 256 g/mol. The number of rotatable bonds is 9. The number of Topliss-reactive ketones (excluding diaryl/α,β-unsaturated/α-hetero) is 3. The topological polar surface area (TPSA) is 60.4 Å². The maximum Gasteiger partial charge on any atom is 0.140 e. The quantitative estimate of drug-likeness (QED) is 0.513. The van der Waals surface area contributed by atoms with Crippen molar-refractivity contribution in [2.75, 3.05) is 6.61 Å². The Morgan fingerprint density at radius 3 is 2.20 bits per heavy atom. The van der Waals surface area contributed by atoms with Crippen LogP contribution in [0.5, 0.6) is 0 Å². The molecule has 4 nitrogen and oxygen atoms in total. The molecule has 108 valence electrons. The van der Waals surface area contributed by atoms with Gasteiger partial charge in [0.1, 0.15) is 17.3 Å². The highest BCUT2D eigenvalue weighted by atomic mass is 16.5. The number of benzene rings is 1. The van der Waals surface area contributed by atoms with E-state index in [0.717, 1.165) is 5.56 Å². The Hall–Kier alpha value is -1.81. The van der Waals surface area contributed by atoms with Crippen molar-refractivity contribution in [3.63, 3.8) is 0 Å². The van der Waals surface area contributed by atoms with Crippen LogP contribution in [-0.2, 0) is 25.7 Å². The monoisotopic (exact) mass is 276 g/mol. The first-order valence-electron chi connectivity index (χ1n) is 6.65. The Morgan fingerprint density at radius 2 is 1.65 bits per heavy atom. The minimum atomic E-state index is -0.795. The second-order valence-corrected chi connectivity index (χ2v) is 4.80. The first kappa shape index (κ1) is 16.2. The predicted octanol–water partition coefficient (Wildman–Crippen LogP) is 2.35. The van der Waals surface area contributed by atoms with Crippen molar-refractivity contribution in [3.8, 4) is 0 Å². The number of carbonyl (C=O) groups is 3. The van der Waals surface area contributed by atoms with Crippen LogP contribution in [0.4, 0.5) is 0 Å². The summed E-state index contributed by atoms with van der Waals surface area (Å²) in [5, 5.41) is 0. The summed E-state index contributed by atoms with van der Waals surface area (Å²) in [5.41, 5.74) is 1.05. The highest BCUT2D eigenvalue weighted by Gasteiger charge is 2.22. The third-order valence-corrected chi connectivity index (χ3v) is 3.05. The zero-order valence-electron chi connectivity index (χ0n) is 11.9. The molecule has 0 atom stereocenters. The van der Waals surface area contributed by atoms with Crippen LogP contribution in [0.2, 0.25) is 0 Å². The number of ketones is 3. The van der Waals surface area contributed by atoms with Crippen LogP contribution in [0.3, 0.4) is 0 Å². The lowest BCUT2D eigenvalue weighted by atomic mass is 9.94. The minimum Gasteiger partial charge on any atom is -0.376 e. The van der Waals surface area contributed by atoms with Gasteiger partial charge in [-0.1, -0.05) is 30.3 Å². The van der Waals surface area contributed by atoms with Crippen LogP contribution in [0, 0.1) is 5.92 Å². The van der Waals surface area contributed by atoms with E-state index in [0.29, 0.717) is 13.2 Å². The SMILES string of the molecule is CC(=O)C(CC(=O)CCOCc1ccccc1)C(C)=O. The van der Waals surface area contributed by atoms with Crippen molar-refractivity contribution in [2.24, 2.45) is 5.92 Å². The molecule has 0 radical (unpaired) electrons. The highest BCUT2D eigenvalue weighted by molar-refractivity contribution is 6.03. The van der Waals surface area contributed by atoms with E-state index in [1.54, 1.807) is 0 Å². The van der Waals surface area contributed by atoms with Gasteiger partial charge in [-0.3, -0.25) is 14.4 Å². The van der Waals surface area contributed by atoms with E-state index in [1.165, 1.54) is 13.8 Å². The molecule has 20 heavy (non-hydrogen) atoms. The van der Waals surface area contributed by atoms with Gasteiger partial charge in [-0.25, -0.2) is 0 Å². The van der Waals surface area contributed by atoms with Gasteiger partial charge in [0.05, 0.1) is 19.1 Å². The van der Waals surface area contributed by atoms with E-state index in [2.05, 4.69) is 0 Å². The van der Waals surface area contributed by atoms with Crippen molar-refractivity contribution in [2.45, 2.75) is 33.3 Å². The van der Waals surface area contributed by atoms with Gasteiger partial charge in [-0.05, 0) is 19.4 Å². The molecule has 0 aromatic heterocycles. The fourth-order valence-corrected chi connectivity index (χ4v) is 1.85. The van der Waals surface area contributed by atoms with E-state index in [1.807, 2.05) is 30.3 Å². The van der Waals surface area contributed by atoms with Gasteiger partial charge in [-0.2, -0.15) is 0 Å². The molecule has 0 fully saturated rings. The Labute approximate surface area is 119 Å². The lowest BCUT2D eigenvalue weighted by molar-refractivity contribution is -0.134. The molecule has 1 rings (SSSR count).